The molecule has 0 fully saturated rings. The maximum Gasteiger partial charge on any atom is 0.343 e. The predicted molar refractivity (Wildman–Crippen MR) is 99.6 cm³/mol. The minimum absolute atomic E-state index is 0.409. The Bertz CT molecular complexity index is 696. The summed E-state index contributed by atoms with van der Waals surface area (Å²) in [6, 6.07) is 16.2. The second-order valence-corrected chi connectivity index (χ2v) is 6.24. The maximum absolute atomic E-state index is 12.1. The number of ether oxygens (including phenoxy) is 1. The zero-order chi connectivity index (χ0) is 17.9. The van der Waals surface area contributed by atoms with Gasteiger partial charge in [0.05, 0.1) is 17.2 Å². The van der Waals surface area contributed by atoms with Gasteiger partial charge in [-0.25, -0.2) is 4.79 Å². The Morgan fingerprint density at radius 1 is 0.920 bits per heavy atom. The molecule has 25 heavy (non-hydrogen) atoms. The number of rotatable bonds is 9. The average molecular weight is 335 g/mol. The molecule has 0 aromatic heterocycles. The van der Waals surface area contributed by atoms with E-state index >= 15 is 0 Å². The van der Waals surface area contributed by atoms with Crippen LogP contribution < -0.4 is 4.74 Å². The van der Waals surface area contributed by atoms with Crippen LogP contribution in [0.25, 0.3) is 0 Å². The number of esters is 1. The molecule has 0 aliphatic heterocycles. The Balaban J connectivity index is 1.79. The highest BCUT2D eigenvalue weighted by molar-refractivity contribution is 5.91. The molecule has 0 amide bonds. The molecule has 0 unspecified atom stereocenters. The molecule has 2 rings (SSSR count). The van der Waals surface area contributed by atoms with Gasteiger partial charge < -0.3 is 4.74 Å². The van der Waals surface area contributed by atoms with Crippen LogP contribution in [0.5, 0.6) is 5.75 Å². The van der Waals surface area contributed by atoms with Crippen LogP contribution in [0, 0.1) is 11.3 Å². The van der Waals surface area contributed by atoms with Gasteiger partial charge in [0.2, 0.25) is 0 Å². The van der Waals surface area contributed by atoms with Crippen molar-refractivity contribution in [3.8, 4) is 11.8 Å². The van der Waals surface area contributed by atoms with E-state index in [-0.39, 0.29) is 0 Å². The van der Waals surface area contributed by atoms with Crippen LogP contribution in [0.4, 0.5) is 0 Å². The first-order valence-corrected chi connectivity index (χ1v) is 9.04. The van der Waals surface area contributed by atoms with Gasteiger partial charge in [-0.3, -0.25) is 0 Å². The van der Waals surface area contributed by atoms with Crippen LogP contribution >= 0.6 is 0 Å². The maximum atomic E-state index is 12.1. The van der Waals surface area contributed by atoms with Crippen molar-refractivity contribution in [3.63, 3.8) is 0 Å². The van der Waals surface area contributed by atoms with Gasteiger partial charge >= 0.3 is 5.97 Å². The fraction of sp³-hybridized carbons (Fsp3) is 0.364. The second kappa shape index (κ2) is 10.3. The monoisotopic (exact) mass is 335 g/mol. The summed E-state index contributed by atoms with van der Waals surface area (Å²) in [5.41, 5.74) is 2.24. The number of hydrogen-bond acceptors (Lipinski definition) is 3. The van der Waals surface area contributed by atoms with Gasteiger partial charge in [0.15, 0.2) is 0 Å². The summed E-state index contributed by atoms with van der Waals surface area (Å²) in [5.74, 6) is 0.134. The van der Waals surface area contributed by atoms with Crippen molar-refractivity contribution in [1.29, 1.82) is 5.26 Å². The molecular weight excluding hydrogens is 310 g/mol. The third-order valence-corrected chi connectivity index (χ3v) is 4.20. The molecule has 0 saturated carbocycles. The molecule has 2 aromatic rings. The van der Waals surface area contributed by atoms with E-state index in [2.05, 4.69) is 6.92 Å². The van der Waals surface area contributed by atoms with E-state index in [0.717, 1.165) is 6.42 Å². The number of unbranched alkanes of at least 4 members (excludes halogenated alkanes) is 5. The van der Waals surface area contributed by atoms with Gasteiger partial charge in [0, 0.05) is 0 Å². The lowest BCUT2D eigenvalue weighted by Crippen LogP contribution is -2.08. The molecule has 0 bridgehead atoms. The zero-order valence-corrected chi connectivity index (χ0v) is 14.8. The number of hydrogen-bond donors (Lipinski definition) is 0. The van der Waals surface area contributed by atoms with Gasteiger partial charge in [-0.15, -0.1) is 0 Å². The minimum atomic E-state index is -0.409. The van der Waals surface area contributed by atoms with E-state index in [1.54, 1.807) is 24.3 Å². The summed E-state index contributed by atoms with van der Waals surface area (Å²) in [6.07, 6.45) is 8.80. The number of nitrogens with zero attached hydrogens (tertiary/aromatic N) is 1. The third-order valence-electron chi connectivity index (χ3n) is 4.20. The highest BCUT2D eigenvalue weighted by atomic mass is 16.5. The molecule has 0 heterocycles. The largest absolute Gasteiger partial charge is 0.423 e. The van der Waals surface area contributed by atoms with E-state index < -0.39 is 5.97 Å². The van der Waals surface area contributed by atoms with Crippen molar-refractivity contribution in [3.05, 3.63) is 65.2 Å². The van der Waals surface area contributed by atoms with Crippen LogP contribution in [-0.2, 0) is 6.42 Å². The highest BCUT2D eigenvalue weighted by Crippen LogP contribution is 2.17. The summed E-state index contributed by atoms with van der Waals surface area (Å²) in [6.45, 7) is 2.23. The number of carbonyl (C=O) groups is 1. The highest BCUT2D eigenvalue weighted by Gasteiger charge is 2.08. The van der Waals surface area contributed by atoms with Crippen LogP contribution in [0.2, 0.25) is 0 Å². The van der Waals surface area contributed by atoms with Gasteiger partial charge in [0.1, 0.15) is 5.75 Å². The summed E-state index contributed by atoms with van der Waals surface area (Å²) in [4.78, 5) is 12.1. The van der Waals surface area contributed by atoms with E-state index in [4.69, 9.17) is 10.00 Å². The topological polar surface area (TPSA) is 50.1 Å². The van der Waals surface area contributed by atoms with E-state index in [0.29, 0.717) is 16.9 Å². The average Bonchev–Trinajstić information content (AvgIpc) is 2.66. The fourth-order valence-corrected chi connectivity index (χ4v) is 2.68. The Hall–Kier alpha value is -2.60. The molecule has 2 aromatic carbocycles. The van der Waals surface area contributed by atoms with Crippen LogP contribution in [0.3, 0.4) is 0 Å². The van der Waals surface area contributed by atoms with Gasteiger partial charge in [-0.2, -0.15) is 5.26 Å². The standard InChI is InChI=1S/C22H25NO2/c1-2-3-4-5-6-7-8-18-11-15-21(16-12-18)25-22(24)20-13-9-19(17-23)10-14-20/h9-16H,2-8H2,1H3. The lowest BCUT2D eigenvalue weighted by Gasteiger charge is -2.06. The number of nitriles is 1. The van der Waals surface area contributed by atoms with Gasteiger partial charge in [-0.05, 0) is 54.8 Å². The van der Waals surface area contributed by atoms with E-state index in [9.17, 15) is 4.79 Å². The molecular formula is C22H25NO2. The first kappa shape index (κ1) is 18.7. The summed E-state index contributed by atoms with van der Waals surface area (Å²) >= 11 is 0. The van der Waals surface area contributed by atoms with Gasteiger partial charge in [0.25, 0.3) is 0 Å². The smallest absolute Gasteiger partial charge is 0.343 e. The molecule has 0 atom stereocenters. The van der Waals surface area contributed by atoms with Crippen LogP contribution in [0.1, 0.15) is 66.9 Å². The van der Waals surface area contributed by atoms with Crippen LogP contribution in [0.15, 0.2) is 48.5 Å². The van der Waals surface area contributed by atoms with Crippen molar-refractivity contribution < 1.29 is 9.53 Å². The van der Waals surface area contributed by atoms with E-state index in [1.165, 1.54) is 44.1 Å². The molecule has 3 nitrogen and oxygen atoms in total. The molecule has 0 spiro atoms. The lowest BCUT2D eigenvalue weighted by molar-refractivity contribution is 0.0734. The summed E-state index contributed by atoms with van der Waals surface area (Å²) in [5, 5.41) is 8.78. The molecule has 3 heteroatoms. The Morgan fingerprint density at radius 2 is 1.56 bits per heavy atom. The first-order valence-electron chi connectivity index (χ1n) is 9.04. The Kier molecular flexibility index (Phi) is 7.72. The SMILES string of the molecule is CCCCCCCCc1ccc(OC(=O)c2ccc(C#N)cc2)cc1. The molecule has 0 radical (unpaired) electrons. The first-order chi connectivity index (χ1) is 12.2. The number of aryl methyl sites for hydroxylation is 1. The van der Waals surface area contributed by atoms with E-state index in [1.807, 2.05) is 30.3 Å². The Labute approximate surface area is 150 Å². The number of benzene rings is 2. The molecule has 130 valence electrons. The fourth-order valence-electron chi connectivity index (χ4n) is 2.68. The molecule has 0 saturated heterocycles. The van der Waals surface area contributed by atoms with Crippen LogP contribution in [-0.4, -0.2) is 5.97 Å². The molecule has 0 aliphatic carbocycles. The minimum Gasteiger partial charge on any atom is -0.423 e. The van der Waals surface area contributed by atoms with Gasteiger partial charge in [-0.1, -0.05) is 51.2 Å². The predicted octanol–water partition coefficient (Wildman–Crippen LogP) is 5.68. The number of carbonyl (C=O) groups excluding carboxylic acids is 1. The Morgan fingerprint density at radius 3 is 2.20 bits per heavy atom. The molecule has 0 aliphatic rings. The zero-order valence-electron chi connectivity index (χ0n) is 14.8. The van der Waals surface area contributed by atoms with Crippen molar-refractivity contribution in [2.24, 2.45) is 0 Å². The normalized spacial score (nSPS) is 10.2. The quantitative estimate of drug-likeness (QED) is 0.336. The molecule has 0 N–H and O–H groups in total. The van der Waals surface area contributed by atoms with Crippen molar-refractivity contribution >= 4 is 5.97 Å². The third kappa shape index (κ3) is 6.43. The van der Waals surface area contributed by atoms with Crippen molar-refractivity contribution in [2.45, 2.75) is 51.9 Å². The second-order valence-electron chi connectivity index (χ2n) is 6.24. The summed E-state index contributed by atoms with van der Waals surface area (Å²) in [7, 11) is 0. The van der Waals surface area contributed by atoms with Crippen molar-refractivity contribution in [2.75, 3.05) is 0 Å². The lowest BCUT2D eigenvalue weighted by atomic mass is 10.0. The van der Waals surface area contributed by atoms with Crippen molar-refractivity contribution in [1.82, 2.24) is 0 Å². The summed E-state index contributed by atoms with van der Waals surface area (Å²) < 4.78 is 5.38.